The maximum Gasteiger partial charge on any atom is 0.241 e. The van der Waals surface area contributed by atoms with Gasteiger partial charge < -0.3 is 10.6 Å². The van der Waals surface area contributed by atoms with Gasteiger partial charge in [-0.05, 0) is 76.1 Å². The highest BCUT2D eigenvalue weighted by Gasteiger charge is 2.20. The molecule has 17 heavy (non-hydrogen) atoms. The largest absolute Gasteiger partial charge is 0.325 e. The second kappa shape index (κ2) is 6.15. The van der Waals surface area contributed by atoms with Crippen LogP contribution < -0.4 is 10.6 Å². The molecule has 1 amide bonds. The summed E-state index contributed by atoms with van der Waals surface area (Å²) in [7, 11) is 0. The highest BCUT2D eigenvalue weighted by molar-refractivity contribution is 14.1. The Hall–Kier alpha value is -0.140. The molecule has 1 fully saturated rings. The molecule has 1 aliphatic heterocycles. The smallest absolute Gasteiger partial charge is 0.241 e. The summed E-state index contributed by atoms with van der Waals surface area (Å²) in [5.74, 6) is 0.0674. The predicted octanol–water partition coefficient (Wildman–Crippen LogP) is 3.13. The van der Waals surface area contributed by atoms with Gasteiger partial charge in [-0.2, -0.15) is 0 Å². The van der Waals surface area contributed by atoms with Gasteiger partial charge in [-0.15, -0.1) is 0 Å². The monoisotopic (exact) mass is 408 g/mol. The Morgan fingerprint density at radius 2 is 2.29 bits per heavy atom. The van der Waals surface area contributed by atoms with E-state index < -0.39 is 0 Å². The fraction of sp³-hybridized carbons (Fsp3) is 0.417. The number of anilines is 1. The van der Waals surface area contributed by atoms with E-state index in [1.165, 1.54) is 6.42 Å². The summed E-state index contributed by atoms with van der Waals surface area (Å²) in [6.07, 6.45) is 3.22. The molecular formula is C12H14BrIN2O. The molecule has 0 saturated carbocycles. The Labute approximate surface area is 123 Å². The molecule has 0 aliphatic carbocycles. The fourth-order valence-corrected chi connectivity index (χ4v) is 2.59. The average molecular weight is 409 g/mol. The Bertz CT molecular complexity index is 419. The van der Waals surface area contributed by atoms with E-state index in [2.05, 4.69) is 49.2 Å². The summed E-state index contributed by atoms with van der Waals surface area (Å²) < 4.78 is 2.14. The highest BCUT2D eigenvalue weighted by Crippen LogP contribution is 2.23. The number of piperidine rings is 1. The van der Waals surface area contributed by atoms with Gasteiger partial charge in [0, 0.05) is 13.7 Å². The molecular weight excluding hydrogens is 395 g/mol. The van der Waals surface area contributed by atoms with Gasteiger partial charge in [-0.25, -0.2) is 0 Å². The summed E-state index contributed by atoms with van der Waals surface area (Å²) in [5, 5.41) is 6.18. The van der Waals surface area contributed by atoms with Crippen LogP contribution in [0.25, 0.3) is 0 Å². The molecule has 1 atom stereocenters. The molecule has 1 aliphatic rings. The first-order chi connectivity index (χ1) is 8.16. The van der Waals surface area contributed by atoms with Crippen molar-refractivity contribution >= 4 is 50.1 Å². The van der Waals surface area contributed by atoms with E-state index in [1.54, 1.807) is 0 Å². The van der Waals surface area contributed by atoms with E-state index in [1.807, 2.05) is 18.2 Å². The first-order valence-corrected chi connectivity index (χ1v) is 7.53. The maximum absolute atomic E-state index is 12.0. The molecule has 3 nitrogen and oxygen atoms in total. The molecule has 1 heterocycles. The van der Waals surface area contributed by atoms with Crippen LogP contribution in [0.15, 0.2) is 22.7 Å². The van der Waals surface area contributed by atoms with Crippen LogP contribution >= 0.6 is 38.5 Å². The number of amides is 1. The molecule has 0 aromatic heterocycles. The van der Waals surface area contributed by atoms with E-state index >= 15 is 0 Å². The third-order valence-electron chi connectivity index (χ3n) is 2.81. The van der Waals surface area contributed by atoms with E-state index in [9.17, 15) is 4.79 Å². The lowest BCUT2D eigenvalue weighted by atomic mass is 10.0. The summed E-state index contributed by atoms with van der Waals surface area (Å²) in [4.78, 5) is 12.0. The number of rotatable bonds is 2. The first-order valence-electron chi connectivity index (χ1n) is 5.66. The quantitative estimate of drug-likeness (QED) is 0.738. The zero-order chi connectivity index (χ0) is 12.3. The SMILES string of the molecule is O=C(Nc1ccc(I)c(Br)c1)[C@@H]1CCCCN1. The average Bonchev–Trinajstić information content (AvgIpc) is 2.35. The van der Waals surface area contributed by atoms with Crippen molar-refractivity contribution in [3.63, 3.8) is 0 Å². The second-order valence-corrected chi connectivity index (χ2v) is 6.14. The van der Waals surface area contributed by atoms with Gasteiger partial charge in [-0.3, -0.25) is 4.79 Å². The molecule has 0 spiro atoms. The molecule has 0 radical (unpaired) electrons. The molecule has 1 aromatic carbocycles. The number of carbonyl (C=O) groups is 1. The fourth-order valence-electron chi connectivity index (χ4n) is 1.88. The third kappa shape index (κ3) is 3.66. The normalized spacial score (nSPS) is 20.0. The number of benzene rings is 1. The van der Waals surface area contributed by atoms with Crippen LogP contribution in [-0.4, -0.2) is 18.5 Å². The molecule has 2 rings (SSSR count). The summed E-state index contributed by atoms with van der Waals surface area (Å²) in [5.41, 5.74) is 0.842. The van der Waals surface area contributed by atoms with E-state index in [0.717, 1.165) is 33.1 Å². The van der Waals surface area contributed by atoms with Gasteiger partial charge in [0.2, 0.25) is 5.91 Å². The topological polar surface area (TPSA) is 41.1 Å². The Kier molecular flexibility index (Phi) is 4.81. The summed E-state index contributed by atoms with van der Waals surface area (Å²) >= 11 is 5.70. The lowest BCUT2D eigenvalue weighted by molar-refractivity contribution is -0.118. The third-order valence-corrected chi connectivity index (χ3v) is 5.15. The lowest BCUT2D eigenvalue weighted by Gasteiger charge is -2.22. The minimum absolute atomic E-state index is 0.0400. The molecule has 92 valence electrons. The molecule has 2 N–H and O–H groups in total. The predicted molar refractivity (Wildman–Crippen MR) is 81.1 cm³/mol. The van der Waals surface area contributed by atoms with E-state index in [4.69, 9.17) is 0 Å². The van der Waals surface area contributed by atoms with Crippen molar-refractivity contribution in [2.24, 2.45) is 0 Å². The van der Waals surface area contributed by atoms with Crippen molar-refractivity contribution in [1.29, 1.82) is 0 Å². The van der Waals surface area contributed by atoms with Gasteiger partial charge in [0.05, 0.1) is 6.04 Å². The summed E-state index contributed by atoms with van der Waals surface area (Å²) in [6, 6.07) is 5.80. The summed E-state index contributed by atoms with van der Waals surface area (Å²) in [6.45, 7) is 0.939. The van der Waals surface area contributed by atoms with Crippen LogP contribution in [0.3, 0.4) is 0 Å². The van der Waals surface area contributed by atoms with Crippen molar-refractivity contribution in [3.8, 4) is 0 Å². The second-order valence-electron chi connectivity index (χ2n) is 4.12. The first kappa shape index (κ1) is 13.3. The lowest BCUT2D eigenvalue weighted by Crippen LogP contribution is -2.43. The molecule has 1 saturated heterocycles. The molecule has 0 unspecified atom stereocenters. The zero-order valence-corrected chi connectivity index (χ0v) is 13.0. The van der Waals surface area contributed by atoms with Crippen LogP contribution in [0.2, 0.25) is 0 Å². The molecule has 5 heteroatoms. The number of nitrogens with one attached hydrogen (secondary N) is 2. The van der Waals surface area contributed by atoms with Crippen LogP contribution in [0.4, 0.5) is 5.69 Å². The van der Waals surface area contributed by atoms with Crippen LogP contribution in [0.1, 0.15) is 19.3 Å². The molecule has 0 bridgehead atoms. The molecule has 1 aromatic rings. The Morgan fingerprint density at radius 1 is 1.47 bits per heavy atom. The van der Waals surface area contributed by atoms with Crippen molar-refractivity contribution < 1.29 is 4.79 Å². The minimum Gasteiger partial charge on any atom is -0.325 e. The van der Waals surface area contributed by atoms with Gasteiger partial charge in [0.25, 0.3) is 0 Å². The van der Waals surface area contributed by atoms with Gasteiger partial charge >= 0.3 is 0 Å². The number of carbonyl (C=O) groups excluding carboxylic acids is 1. The van der Waals surface area contributed by atoms with Gasteiger partial charge in [-0.1, -0.05) is 6.42 Å². The van der Waals surface area contributed by atoms with Crippen LogP contribution in [0.5, 0.6) is 0 Å². The zero-order valence-electron chi connectivity index (χ0n) is 9.30. The van der Waals surface area contributed by atoms with Gasteiger partial charge in [0.15, 0.2) is 0 Å². The number of hydrogen-bond acceptors (Lipinski definition) is 2. The van der Waals surface area contributed by atoms with E-state index in [-0.39, 0.29) is 11.9 Å². The Balaban J connectivity index is 1.99. The van der Waals surface area contributed by atoms with Crippen molar-refractivity contribution in [3.05, 3.63) is 26.2 Å². The van der Waals surface area contributed by atoms with Crippen LogP contribution in [0, 0.1) is 3.57 Å². The van der Waals surface area contributed by atoms with Gasteiger partial charge in [0.1, 0.15) is 0 Å². The highest BCUT2D eigenvalue weighted by atomic mass is 127. The standard InChI is InChI=1S/C12H14BrIN2O/c13-9-7-8(4-5-10(9)14)16-12(17)11-3-1-2-6-15-11/h4-5,7,11,15H,1-3,6H2,(H,16,17)/t11-/m0/s1. The van der Waals surface area contributed by atoms with Crippen molar-refractivity contribution in [2.45, 2.75) is 25.3 Å². The minimum atomic E-state index is -0.0400. The Morgan fingerprint density at radius 3 is 2.94 bits per heavy atom. The van der Waals surface area contributed by atoms with E-state index in [0.29, 0.717) is 0 Å². The number of hydrogen-bond donors (Lipinski definition) is 2. The van der Waals surface area contributed by atoms with Crippen molar-refractivity contribution in [1.82, 2.24) is 5.32 Å². The van der Waals surface area contributed by atoms with Crippen molar-refractivity contribution in [2.75, 3.05) is 11.9 Å². The maximum atomic E-state index is 12.0. The number of halogens is 2. The van der Waals surface area contributed by atoms with Crippen LogP contribution in [-0.2, 0) is 4.79 Å².